The number of thiazole rings is 4. The first-order valence-electron chi connectivity index (χ1n) is 15.2. The summed E-state index contributed by atoms with van der Waals surface area (Å²) in [6, 6.07) is 0. The van der Waals surface area contributed by atoms with Crippen molar-refractivity contribution in [1.29, 1.82) is 0 Å². The molecule has 0 amide bonds. The number of halogens is 4. The Labute approximate surface area is 324 Å². The summed E-state index contributed by atoms with van der Waals surface area (Å²) in [7, 11) is -3.59. The molecule has 5 heterocycles. The summed E-state index contributed by atoms with van der Waals surface area (Å²) < 4.78 is 9.16. The molecule has 0 spiro atoms. The molecule has 5 aromatic heterocycles. The van der Waals surface area contributed by atoms with E-state index in [4.69, 9.17) is 9.97 Å². The van der Waals surface area contributed by atoms with E-state index in [1.165, 1.54) is 28.4 Å². The lowest BCUT2D eigenvalue weighted by Gasteiger charge is -2.41. The van der Waals surface area contributed by atoms with Crippen molar-refractivity contribution < 1.29 is 0 Å². The van der Waals surface area contributed by atoms with Crippen LogP contribution in [0, 0.1) is 0 Å². The standard InChI is InChI=1S/C24H42Br2N2S2Si2.C6Br2N2S3/c1-13(2)31(14(3)4,15(5)6)23-27-21(25)19(29-23)20-22(26)28-24(30-20)32(16(7)8,17(9)10)18(11)12;7-5-9-3-1(11-5)2-4(13-3)10-6(8)12-2/h13-18H,1-12H3;. The van der Waals surface area contributed by atoms with Crippen molar-refractivity contribution in [3.8, 4) is 9.75 Å². The molecule has 0 bridgehead atoms. The third-order valence-electron chi connectivity index (χ3n) is 9.39. The van der Waals surface area contributed by atoms with Gasteiger partial charge in [-0.3, -0.25) is 0 Å². The van der Waals surface area contributed by atoms with Crippen LogP contribution in [0.25, 0.3) is 28.8 Å². The number of rotatable bonds is 9. The van der Waals surface area contributed by atoms with E-state index in [2.05, 4.69) is 157 Å². The van der Waals surface area contributed by atoms with Gasteiger partial charge >= 0.3 is 0 Å². The van der Waals surface area contributed by atoms with E-state index in [0.29, 0.717) is 33.2 Å². The zero-order valence-electron chi connectivity index (χ0n) is 27.8. The average Bonchev–Trinajstić information content (AvgIpc) is 3.68. The summed E-state index contributed by atoms with van der Waals surface area (Å²) in [6.07, 6.45) is 0. The second-order valence-corrected chi connectivity index (χ2v) is 34.7. The lowest BCUT2D eigenvalue weighted by atomic mass is 10.5. The molecular weight excluding hydrogens is 952 g/mol. The molecule has 5 aromatic rings. The molecule has 0 saturated carbocycles. The molecule has 15 heteroatoms. The minimum absolute atomic E-state index is 0.650. The van der Waals surface area contributed by atoms with Crippen LogP contribution in [0.1, 0.15) is 83.1 Å². The summed E-state index contributed by atoms with van der Waals surface area (Å²) in [5, 5.41) is 0. The predicted molar refractivity (Wildman–Crippen MR) is 226 cm³/mol. The zero-order chi connectivity index (χ0) is 33.8. The van der Waals surface area contributed by atoms with Crippen molar-refractivity contribution in [3.05, 3.63) is 17.0 Å². The third-order valence-corrected chi connectivity index (χ3v) is 33.3. The molecule has 0 aliphatic heterocycles. The molecule has 0 aliphatic rings. The quantitative estimate of drug-likeness (QED) is 0.138. The molecule has 0 N–H and O–H groups in total. The molecule has 0 aliphatic carbocycles. The first-order valence-corrected chi connectivity index (χ1v) is 27.0. The molecular formula is C30H42Br4N4S5Si2. The van der Waals surface area contributed by atoms with Gasteiger partial charge in [0.25, 0.3) is 0 Å². The van der Waals surface area contributed by atoms with Gasteiger partial charge in [0, 0.05) is 0 Å². The van der Waals surface area contributed by atoms with E-state index < -0.39 is 16.1 Å². The van der Waals surface area contributed by atoms with Crippen LogP contribution in [0.4, 0.5) is 0 Å². The summed E-state index contributed by atoms with van der Waals surface area (Å²) in [6.45, 7) is 28.9. The first kappa shape index (κ1) is 38.9. The smallest absolute Gasteiger partial charge is 0.161 e. The largest absolute Gasteiger partial charge is 0.239 e. The van der Waals surface area contributed by atoms with Gasteiger partial charge in [-0.25, -0.2) is 19.9 Å². The lowest BCUT2D eigenvalue weighted by molar-refractivity contribution is 0.833. The number of nitrogens with zero attached hydrogens (tertiary/aromatic N) is 4. The maximum atomic E-state index is 5.21. The van der Waals surface area contributed by atoms with Crippen LogP contribution < -0.4 is 9.26 Å². The van der Waals surface area contributed by atoms with Gasteiger partial charge in [-0.05, 0) is 97.0 Å². The first-order chi connectivity index (χ1) is 20.9. The highest BCUT2D eigenvalue weighted by Gasteiger charge is 2.49. The van der Waals surface area contributed by atoms with Crippen molar-refractivity contribution in [1.82, 2.24) is 19.9 Å². The summed E-state index contributed by atoms with van der Waals surface area (Å²) in [5.41, 5.74) is 3.90. The fourth-order valence-electron chi connectivity index (χ4n) is 7.81. The lowest BCUT2D eigenvalue weighted by Crippen LogP contribution is -2.55. The molecule has 0 fully saturated rings. The topological polar surface area (TPSA) is 51.6 Å². The Morgan fingerprint density at radius 1 is 0.422 bits per heavy atom. The fourth-order valence-corrected chi connectivity index (χ4v) is 33.9. The highest BCUT2D eigenvalue weighted by Crippen LogP contribution is 2.48. The Bertz CT molecular complexity index is 1600. The van der Waals surface area contributed by atoms with Gasteiger partial charge < -0.3 is 0 Å². The van der Waals surface area contributed by atoms with E-state index in [-0.39, 0.29) is 0 Å². The van der Waals surface area contributed by atoms with Gasteiger partial charge in [-0.15, -0.1) is 45.3 Å². The number of fused-ring (bicyclic) bond motifs is 3. The maximum Gasteiger partial charge on any atom is 0.161 e. The van der Waals surface area contributed by atoms with E-state index in [1.807, 2.05) is 22.7 Å². The third kappa shape index (κ3) is 7.04. The molecule has 0 atom stereocenters. The summed E-state index contributed by atoms with van der Waals surface area (Å²) in [4.78, 5) is 23.8. The van der Waals surface area contributed by atoms with E-state index in [1.54, 1.807) is 34.0 Å². The molecule has 0 unspecified atom stereocenters. The monoisotopic (exact) mass is 990 g/mol. The Kier molecular flexibility index (Phi) is 13.1. The Morgan fingerprint density at radius 3 is 0.978 bits per heavy atom. The maximum absolute atomic E-state index is 5.21. The van der Waals surface area contributed by atoms with Crippen molar-refractivity contribution in [2.24, 2.45) is 0 Å². The molecule has 248 valence electrons. The van der Waals surface area contributed by atoms with Gasteiger partial charge in [0.1, 0.15) is 35.0 Å². The van der Waals surface area contributed by atoms with Gasteiger partial charge in [-0.1, -0.05) is 94.4 Å². The highest BCUT2D eigenvalue weighted by atomic mass is 79.9. The Balaban J connectivity index is 0.000000289. The molecule has 0 radical (unpaired) electrons. The van der Waals surface area contributed by atoms with Crippen LogP contribution in [0.2, 0.25) is 33.2 Å². The second kappa shape index (κ2) is 15.1. The minimum Gasteiger partial charge on any atom is -0.239 e. The van der Waals surface area contributed by atoms with Crippen LogP contribution in [-0.4, -0.2) is 36.1 Å². The van der Waals surface area contributed by atoms with Crippen LogP contribution >= 0.6 is 120 Å². The predicted octanol–water partition coefficient (Wildman–Crippen LogP) is 14.1. The van der Waals surface area contributed by atoms with Crippen molar-refractivity contribution in [2.75, 3.05) is 0 Å². The molecule has 0 saturated heterocycles. The summed E-state index contributed by atoms with van der Waals surface area (Å²) in [5.74, 6) is 0. The van der Waals surface area contributed by atoms with Gasteiger partial charge in [0.05, 0.1) is 28.4 Å². The zero-order valence-corrected chi connectivity index (χ0v) is 40.2. The second-order valence-electron chi connectivity index (χ2n) is 13.4. The Morgan fingerprint density at radius 2 is 0.711 bits per heavy atom. The van der Waals surface area contributed by atoms with Crippen LogP contribution in [0.5, 0.6) is 0 Å². The normalized spacial score (nSPS) is 13.2. The number of thiophene rings is 1. The van der Waals surface area contributed by atoms with Crippen LogP contribution in [0.15, 0.2) is 17.0 Å². The Hall–Kier alpha value is 1.09. The van der Waals surface area contributed by atoms with Gasteiger partial charge in [0.15, 0.2) is 7.83 Å². The molecule has 0 aromatic carbocycles. The van der Waals surface area contributed by atoms with Gasteiger partial charge in [0.2, 0.25) is 0 Å². The number of hydrogen-bond acceptors (Lipinski definition) is 9. The van der Waals surface area contributed by atoms with E-state index in [9.17, 15) is 0 Å². The molecule has 45 heavy (non-hydrogen) atoms. The molecule has 5 rings (SSSR count). The number of hydrogen-bond donors (Lipinski definition) is 0. The van der Waals surface area contributed by atoms with E-state index in [0.717, 1.165) is 26.7 Å². The van der Waals surface area contributed by atoms with Crippen molar-refractivity contribution in [2.45, 2.75) is 116 Å². The summed E-state index contributed by atoms with van der Waals surface area (Å²) >= 11 is 23.3. The highest BCUT2D eigenvalue weighted by molar-refractivity contribution is 9.11. The SMILES string of the molecule is Brc1nc2sc3nc(Br)sc3c2s1.CC(C)[Si](c1nc(Br)c(-c2sc([Si](C(C)C)(C(C)C)C(C)C)nc2Br)s1)(C(C)C)C(C)C. The van der Waals surface area contributed by atoms with Crippen molar-refractivity contribution in [3.63, 3.8) is 0 Å². The van der Waals surface area contributed by atoms with E-state index >= 15 is 0 Å². The fraction of sp³-hybridized carbons (Fsp3) is 0.600. The molecule has 4 nitrogen and oxygen atoms in total. The van der Waals surface area contributed by atoms with Crippen molar-refractivity contribution >= 4 is 165 Å². The minimum atomic E-state index is -1.79. The van der Waals surface area contributed by atoms with Crippen LogP contribution in [-0.2, 0) is 0 Å². The number of aromatic nitrogens is 4. The van der Waals surface area contributed by atoms with Gasteiger partial charge in [-0.2, -0.15) is 0 Å². The average molecular weight is 995 g/mol. The van der Waals surface area contributed by atoms with Crippen LogP contribution in [0.3, 0.4) is 0 Å².